The van der Waals surface area contributed by atoms with Gasteiger partial charge < -0.3 is 15.0 Å². The lowest BCUT2D eigenvalue weighted by Gasteiger charge is -2.36. The molecule has 1 N–H and O–H groups in total. The number of methoxy groups -OCH3 is 1. The summed E-state index contributed by atoms with van der Waals surface area (Å²) >= 11 is 0. The Balaban J connectivity index is 1.91. The Hall–Kier alpha value is -4.27. The van der Waals surface area contributed by atoms with Gasteiger partial charge in [0.15, 0.2) is 5.78 Å². The van der Waals surface area contributed by atoms with Crippen molar-refractivity contribution in [3.05, 3.63) is 86.1 Å². The van der Waals surface area contributed by atoms with Crippen LogP contribution in [0.5, 0.6) is 0 Å². The van der Waals surface area contributed by atoms with Gasteiger partial charge in [0.1, 0.15) is 5.41 Å². The second-order valence-corrected chi connectivity index (χ2v) is 7.81. The average Bonchev–Trinajstić information content (AvgIpc) is 3.18. The van der Waals surface area contributed by atoms with Crippen LogP contribution in [0.3, 0.4) is 0 Å². The Kier molecular flexibility index (Phi) is 3.91. The van der Waals surface area contributed by atoms with E-state index in [0.29, 0.717) is 28.1 Å². The normalized spacial score (nSPS) is 20.9. The number of nitrogens with zero attached hydrogens (tertiary/aromatic N) is 2. The van der Waals surface area contributed by atoms with Crippen LogP contribution in [0.4, 0.5) is 11.4 Å². The number of amides is 1. The summed E-state index contributed by atoms with van der Waals surface area (Å²) in [6.45, 7) is 1.64. The first-order valence-electron chi connectivity index (χ1n) is 9.77. The number of hydrogen-bond donors (Lipinski definition) is 1. The molecular weight excluding hydrogens is 414 g/mol. The average molecular weight is 431 g/mol. The van der Waals surface area contributed by atoms with Crippen LogP contribution in [0.15, 0.2) is 59.3 Å². The number of esters is 1. The van der Waals surface area contributed by atoms with Gasteiger partial charge in [-0.2, -0.15) is 0 Å². The summed E-state index contributed by atoms with van der Waals surface area (Å²) in [7, 11) is 2.67. The van der Waals surface area contributed by atoms with Crippen molar-refractivity contribution >= 4 is 34.7 Å². The molecule has 0 fully saturated rings. The third kappa shape index (κ3) is 2.14. The van der Waals surface area contributed by atoms with Crippen LogP contribution in [-0.4, -0.2) is 36.7 Å². The van der Waals surface area contributed by atoms with Crippen molar-refractivity contribution in [2.45, 2.75) is 12.3 Å². The van der Waals surface area contributed by atoms with E-state index >= 15 is 0 Å². The number of nitro groups is 1. The van der Waals surface area contributed by atoms with E-state index in [9.17, 15) is 24.5 Å². The van der Waals surface area contributed by atoms with E-state index in [2.05, 4.69) is 5.32 Å². The van der Waals surface area contributed by atoms with E-state index in [4.69, 9.17) is 4.74 Å². The first kappa shape index (κ1) is 19.7. The van der Waals surface area contributed by atoms with Gasteiger partial charge in [0.25, 0.3) is 5.69 Å². The first-order valence-corrected chi connectivity index (χ1v) is 9.77. The minimum atomic E-state index is -1.78. The standard InChI is InChI=1S/C23H17N3O6/c1-11-17(21(28)32-3)23(18-19(24-11)13-6-4-5-7-14(13)20(18)27)15-9-8-12(26(30)31)10-16(15)25(2)22(23)29/h4-10,24H,1-3H3. The van der Waals surface area contributed by atoms with Crippen LogP contribution >= 0.6 is 0 Å². The molecule has 1 atom stereocenters. The molecular formula is C23H17N3O6. The molecule has 0 saturated heterocycles. The number of dihydropyridines is 1. The van der Waals surface area contributed by atoms with Gasteiger partial charge >= 0.3 is 5.97 Å². The van der Waals surface area contributed by atoms with Gasteiger partial charge in [-0.25, -0.2) is 4.79 Å². The zero-order valence-corrected chi connectivity index (χ0v) is 17.4. The Labute approximate surface area is 182 Å². The highest BCUT2D eigenvalue weighted by Gasteiger charge is 2.63. The van der Waals surface area contributed by atoms with Gasteiger partial charge in [-0.05, 0) is 13.0 Å². The van der Waals surface area contributed by atoms with Gasteiger partial charge in [-0.3, -0.25) is 19.7 Å². The molecule has 5 rings (SSSR count). The van der Waals surface area contributed by atoms with E-state index in [-0.39, 0.29) is 28.3 Å². The number of non-ortho nitro benzene ring substituents is 1. The number of likely N-dealkylation sites (N-methyl/N-ethyl adjacent to an activating group) is 1. The number of ether oxygens (including phenoxy) is 1. The number of carbonyl (C=O) groups excluding carboxylic acids is 3. The van der Waals surface area contributed by atoms with Crippen LogP contribution < -0.4 is 10.2 Å². The number of rotatable bonds is 2. The van der Waals surface area contributed by atoms with E-state index in [0.717, 1.165) is 0 Å². The molecule has 1 amide bonds. The van der Waals surface area contributed by atoms with Gasteiger partial charge in [0.2, 0.25) is 5.91 Å². The molecule has 2 aromatic carbocycles. The molecule has 1 spiro atoms. The van der Waals surface area contributed by atoms with Gasteiger partial charge in [-0.15, -0.1) is 0 Å². The second-order valence-electron chi connectivity index (χ2n) is 7.81. The number of fused-ring (bicyclic) bond motifs is 5. The fourth-order valence-electron chi connectivity index (χ4n) is 5.02. The molecule has 2 heterocycles. The molecule has 160 valence electrons. The SMILES string of the molecule is COC(=O)C1=C(C)NC2=C(C(=O)c3ccccc32)C12C(=O)N(C)c1cc([N+](=O)[O-])ccc12. The Morgan fingerprint density at radius 2 is 1.84 bits per heavy atom. The quantitative estimate of drug-likeness (QED) is 0.441. The van der Waals surface area contributed by atoms with Crippen molar-refractivity contribution in [3.8, 4) is 0 Å². The Morgan fingerprint density at radius 1 is 1.16 bits per heavy atom. The number of anilines is 1. The van der Waals surface area contributed by atoms with Crippen LogP contribution in [0, 0.1) is 10.1 Å². The van der Waals surface area contributed by atoms with Crippen LogP contribution in [0.2, 0.25) is 0 Å². The van der Waals surface area contributed by atoms with E-state index in [1.807, 2.05) is 0 Å². The fourth-order valence-corrected chi connectivity index (χ4v) is 5.02. The fraction of sp³-hybridized carbons (Fsp3) is 0.174. The van der Waals surface area contributed by atoms with E-state index in [1.54, 1.807) is 31.2 Å². The molecule has 0 aromatic heterocycles. The molecule has 0 bridgehead atoms. The smallest absolute Gasteiger partial charge is 0.337 e. The van der Waals surface area contributed by atoms with Crippen LogP contribution in [-0.2, 0) is 19.7 Å². The summed E-state index contributed by atoms with van der Waals surface area (Å²) in [5.74, 6) is -1.70. The lowest BCUT2D eigenvalue weighted by Crippen LogP contribution is -2.49. The van der Waals surface area contributed by atoms with Crippen molar-refractivity contribution in [1.29, 1.82) is 0 Å². The number of allylic oxidation sites excluding steroid dienone is 1. The van der Waals surface area contributed by atoms with Gasteiger partial charge in [0.05, 0.1) is 29.0 Å². The molecule has 3 aliphatic rings. The summed E-state index contributed by atoms with van der Waals surface area (Å²) in [5, 5.41) is 14.5. The maximum Gasteiger partial charge on any atom is 0.337 e. The Bertz CT molecular complexity index is 1360. The molecule has 0 radical (unpaired) electrons. The maximum atomic E-state index is 13.9. The largest absolute Gasteiger partial charge is 0.466 e. The molecule has 2 aromatic rings. The monoisotopic (exact) mass is 431 g/mol. The molecule has 9 nitrogen and oxygen atoms in total. The molecule has 1 unspecified atom stereocenters. The molecule has 2 aliphatic heterocycles. The predicted molar refractivity (Wildman–Crippen MR) is 114 cm³/mol. The van der Waals surface area contributed by atoms with Crippen molar-refractivity contribution in [1.82, 2.24) is 5.32 Å². The number of nitro benzene ring substituents is 1. The molecule has 1 aliphatic carbocycles. The third-order valence-electron chi connectivity index (χ3n) is 6.33. The Morgan fingerprint density at radius 3 is 2.50 bits per heavy atom. The van der Waals surface area contributed by atoms with Gasteiger partial charge in [0, 0.05) is 47.1 Å². The molecule has 9 heteroatoms. The van der Waals surface area contributed by atoms with E-state index in [1.165, 1.54) is 37.3 Å². The highest BCUT2D eigenvalue weighted by Crippen LogP contribution is 2.57. The summed E-state index contributed by atoms with van der Waals surface area (Å²) in [5.41, 5.74) is 0.560. The third-order valence-corrected chi connectivity index (χ3v) is 6.33. The van der Waals surface area contributed by atoms with Crippen LogP contribution in [0.1, 0.15) is 28.4 Å². The maximum absolute atomic E-state index is 13.9. The van der Waals surface area contributed by atoms with E-state index < -0.39 is 22.2 Å². The number of Topliss-reactive ketones (excluding diaryl/α,β-unsaturated/α-hetero) is 1. The second kappa shape index (κ2) is 6.36. The minimum absolute atomic E-state index is 0.00985. The highest BCUT2D eigenvalue weighted by molar-refractivity contribution is 6.31. The minimum Gasteiger partial charge on any atom is -0.466 e. The van der Waals surface area contributed by atoms with Crippen molar-refractivity contribution in [2.75, 3.05) is 19.1 Å². The summed E-state index contributed by atoms with van der Waals surface area (Å²) in [6.07, 6.45) is 0. The highest BCUT2D eigenvalue weighted by atomic mass is 16.6. The van der Waals surface area contributed by atoms with Crippen molar-refractivity contribution in [3.63, 3.8) is 0 Å². The zero-order valence-electron chi connectivity index (χ0n) is 17.4. The number of ketones is 1. The predicted octanol–water partition coefficient (Wildman–Crippen LogP) is 2.47. The van der Waals surface area contributed by atoms with Crippen LogP contribution in [0.25, 0.3) is 5.70 Å². The summed E-state index contributed by atoms with van der Waals surface area (Å²) < 4.78 is 5.02. The van der Waals surface area contributed by atoms with Gasteiger partial charge in [-0.1, -0.05) is 24.3 Å². The lowest BCUT2D eigenvalue weighted by molar-refractivity contribution is -0.384. The number of benzene rings is 2. The van der Waals surface area contributed by atoms with Crippen molar-refractivity contribution < 1.29 is 24.0 Å². The molecule has 32 heavy (non-hydrogen) atoms. The number of hydrogen-bond acceptors (Lipinski definition) is 7. The lowest BCUT2D eigenvalue weighted by atomic mass is 9.66. The topological polar surface area (TPSA) is 119 Å². The van der Waals surface area contributed by atoms with Crippen molar-refractivity contribution in [2.24, 2.45) is 0 Å². The summed E-state index contributed by atoms with van der Waals surface area (Å²) in [4.78, 5) is 52.6. The number of carbonyl (C=O) groups is 3. The zero-order chi connectivity index (χ0) is 22.9. The summed E-state index contributed by atoms with van der Waals surface area (Å²) in [6, 6.07) is 10.9. The number of nitrogens with one attached hydrogen (secondary N) is 1. The molecule has 0 saturated carbocycles. The first-order chi connectivity index (χ1) is 15.2.